The van der Waals surface area contributed by atoms with E-state index < -0.39 is 12.6 Å². The Morgan fingerprint density at radius 1 is 1.08 bits per heavy atom. The number of nitrogens with zero attached hydrogens (tertiary/aromatic N) is 4. The summed E-state index contributed by atoms with van der Waals surface area (Å²) in [6.45, 7) is -0.987. The molecule has 0 spiro atoms. The fourth-order valence-corrected chi connectivity index (χ4v) is 5.12. The number of imidazole rings is 1. The van der Waals surface area contributed by atoms with Crippen molar-refractivity contribution in [2.75, 3.05) is 0 Å². The molecule has 0 unspecified atom stereocenters. The molecule has 1 radical (unpaired) electrons. The molecule has 3 heterocycles. The van der Waals surface area contributed by atoms with Gasteiger partial charge in [0.25, 0.3) is 0 Å². The van der Waals surface area contributed by atoms with Gasteiger partial charge in [-0.2, -0.15) is 8.78 Å². The molecule has 7 nitrogen and oxygen atoms in total. The van der Waals surface area contributed by atoms with E-state index in [1.54, 1.807) is 24.3 Å². The average Bonchev–Trinajstić information content (AvgIpc) is 3.20. The first kappa shape index (κ1) is 28.8. The van der Waals surface area contributed by atoms with Crippen LogP contribution in [0.5, 0.6) is 5.75 Å². The van der Waals surface area contributed by atoms with Crippen LogP contribution in [-0.2, 0) is 17.6 Å². The van der Waals surface area contributed by atoms with E-state index in [0.29, 0.717) is 30.7 Å². The zero-order valence-corrected chi connectivity index (χ0v) is 24.6. The van der Waals surface area contributed by atoms with E-state index in [9.17, 15) is 18.7 Å². The number of benzene rings is 1. The molecule has 193 valence electrons. The van der Waals surface area contributed by atoms with Crippen LogP contribution < -0.4 is 4.74 Å². The molecule has 0 aliphatic heterocycles. The Bertz CT molecular complexity index is 1400. The van der Waals surface area contributed by atoms with Gasteiger partial charge < -0.3 is 14.2 Å². The molecule has 38 heavy (non-hydrogen) atoms. The van der Waals surface area contributed by atoms with Crippen molar-refractivity contribution in [3.63, 3.8) is 0 Å². The first-order valence-corrected chi connectivity index (χ1v) is 12.4. The molecule has 1 aliphatic carbocycles. The minimum Gasteiger partial charge on any atom is -0.481 e. The van der Waals surface area contributed by atoms with Gasteiger partial charge in [0, 0.05) is 105 Å². The number of carbonyl (C=O) groups is 1. The number of ether oxygens (including phenoxy) is 1. The van der Waals surface area contributed by atoms with E-state index in [1.165, 1.54) is 0 Å². The molecule has 5 rings (SSSR count). The van der Waals surface area contributed by atoms with Gasteiger partial charge in [-0.15, -0.1) is 0 Å². The molecule has 0 saturated heterocycles. The normalized spacial score (nSPS) is 17.4. The fourth-order valence-electron chi connectivity index (χ4n) is 5.12. The van der Waals surface area contributed by atoms with Crippen molar-refractivity contribution in [3.05, 3.63) is 77.8 Å². The molecule has 1 aromatic carbocycles. The van der Waals surface area contributed by atoms with Crippen molar-refractivity contribution in [2.45, 2.75) is 52.1 Å². The van der Waals surface area contributed by atoms with Gasteiger partial charge in [-0.25, -0.2) is 15.0 Å². The fraction of sp³-hybridized carbons (Fsp3) is 0.357. The summed E-state index contributed by atoms with van der Waals surface area (Å²) in [5, 5.41) is 9.19. The number of hydrogen-bond donors (Lipinski definition) is 1. The van der Waals surface area contributed by atoms with Crippen molar-refractivity contribution < 1.29 is 23.4 Å². The second kappa shape index (κ2) is 12.7. The second-order valence-corrected chi connectivity index (χ2v) is 9.60. The maximum Gasteiger partial charge on any atom is 0.387 e. The molecule has 0 atom stereocenters. The molecule has 10 heteroatoms. The standard InChI is InChI=1S/C28H28F2N4O3.K/c1-17-23(13-20-4-2-3-5-24(20)37-28(29)30)34-16-21(10-11-26(34)33-17)22-14-31-25(32-15-22)12-18-6-8-19(9-7-18)27(35)36;/h2-5,10-11,14-16,18-19,28H,6-9,12-13H2,1H3,(H,35,36);. The van der Waals surface area contributed by atoms with Crippen LogP contribution in [0, 0.1) is 18.8 Å². The third-order valence-corrected chi connectivity index (χ3v) is 7.17. The van der Waals surface area contributed by atoms with Crippen LogP contribution in [0.15, 0.2) is 55.0 Å². The van der Waals surface area contributed by atoms with Crippen molar-refractivity contribution in [2.24, 2.45) is 11.8 Å². The number of aryl methyl sites for hydroxylation is 1. The van der Waals surface area contributed by atoms with Crippen molar-refractivity contribution in [1.29, 1.82) is 0 Å². The number of carboxylic acids is 1. The number of halogens is 2. The van der Waals surface area contributed by atoms with Gasteiger partial charge in [0.15, 0.2) is 0 Å². The quantitative estimate of drug-likeness (QED) is 0.301. The van der Waals surface area contributed by atoms with E-state index in [-0.39, 0.29) is 63.1 Å². The number of alkyl halides is 2. The smallest absolute Gasteiger partial charge is 0.387 e. The number of aromatic nitrogens is 4. The number of rotatable bonds is 8. The first-order chi connectivity index (χ1) is 17.9. The third kappa shape index (κ3) is 6.66. The zero-order valence-electron chi connectivity index (χ0n) is 21.5. The minimum atomic E-state index is -2.89. The maximum atomic E-state index is 12.9. The van der Waals surface area contributed by atoms with E-state index in [1.807, 2.05) is 42.0 Å². The van der Waals surface area contributed by atoms with Gasteiger partial charge in [0.05, 0.1) is 11.6 Å². The first-order valence-electron chi connectivity index (χ1n) is 12.4. The summed E-state index contributed by atoms with van der Waals surface area (Å²) in [6.07, 6.45) is 9.90. The summed E-state index contributed by atoms with van der Waals surface area (Å²) < 4.78 is 32.5. The Labute approximate surface area is 262 Å². The molecule has 1 fully saturated rings. The third-order valence-electron chi connectivity index (χ3n) is 7.17. The predicted octanol–water partition coefficient (Wildman–Crippen LogP) is 5.34. The van der Waals surface area contributed by atoms with E-state index in [0.717, 1.165) is 53.2 Å². The van der Waals surface area contributed by atoms with Crippen molar-refractivity contribution in [1.82, 2.24) is 19.4 Å². The Balaban J connectivity index is 0.00000336. The summed E-state index contributed by atoms with van der Waals surface area (Å²) in [6, 6.07) is 10.7. The topological polar surface area (TPSA) is 89.6 Å². The van der Waals surface area contributed by atoms with Crippen LogP contribution in [0.25, 0.3) is 16.8 Å². The zero-order chi connectivity index (χ0) is 25.9. The summed E-state index contributed by atoms with van der Waals surface area (Å²) in [5.74, 6) is 0.405. The number of aliphatic carboxylic acids is 1. The number of para-hydroxylation sites is 1. The molecule has 0 bridgehead atoms. The van der Waals surface area contributed by atoms with Crippen LogP contribution in [0.1, 0.15) is 48.5 Å². The van der Waals surface area contributed by atoms with Crippen LogP contribution in [0.4, 0.5) is 8.78 Å². The van der Waals surface area contributed by atoms with Crippen LogP contribution in [0.2, 0.25) is 0 Å². The molecule has 1 aliphatic rings. The molecule has 3 aromatic heterocycles. The van der Waals surface area contributed by atoms with Crippen molar-refractivity contribution >= 4 is 63.0 Å². The Morgan fingerprint density at radius 2 is 1.79 bits per heavy atom. The number of pyridine rings is 1. The largest absolute Gasteiger partial charge is 0.481 e. The van der Waals surface area contributed by atoms with Crippen LogP contribution in [0.3, 0.4) is 0 Å². The van der Waals surface area contributed by atoms with E-state index in [2.05, 4.69) is 15.0 Å². The SMILES string of the molecule is Cc1nc2ccc(-c3cnc(CC4CCC(C(=O)O)CC4)nc3)cn2c1Cc1ccccc1OC(F)F.[K]. The monoisotopic (exact) mass is 545 g/mol. The summed E-state index contributed by atoms with van der Waals surface area (Å²) >= 11 is 0. The predicted molar refractivity (Wildman–Crippen MR) is 139 cm³/mol. The second-order valence-electron chi connectivity index (χ2n) is 9.60. The molecule has 1 saturated carbocycles. The van der Waals surface area contributed by atoms with Gasteiger partial charge in [-0.3, -0.25) is 4.79 Å². The van der Waals surface area contributed by atoms with Gasteiger partial charge in [-0.05, 0) is 56.7 Å². The molecular formula is C28H28F2KN4O3. The maximum absolute atomic E-state index is 12.9. The number of fused-ring (bicyclic) bond motifs is 1. The Hall–Kier alpha value is -2.24. The summed E-state index contributed by atoms with van der Waals surface area (Å²) in [7, 11) is 0. The minimum absolute atomic E-state index is 0. The van der Waals surface area contributed by atoms with E-state index in [4.69, 9.17) is 4.74 Å². The number of hydrogen-bond acceptors (Lipinski definition) is 5. The summed E-state index contributed by atoms with van der Waals surface area (Å²) in [5.41, 5.74) is 4.89. The van der Waals surface area contributed by atoms with Crippen LogP contribution in [-0.4, -0.2) is 88.4 Å². The van der Waals surface area contributed by atoms with Crippen molar-refractivity contribution in [3.8, 4) is 16.9 Å². The van der Waals surface area contributed by atoms with E-state index >= 15 is 0 Å². The number of carboxylic acid groups (broad SMARTS) is 1. The molecule has 1 N–H and O–H groups in total. The Kier molecular flexibility index (Phi) is 9.64. The molecule has 4 aromatic rings. The van der Waals surface area contributed by atoms with Gasteiger partial charge in [0.2, 0.25) is 0 Å². The molecular weight excluding hydrogens is 517 g/mol. The average molecular weight is 546 g/mol. The summed E-state index contributed by atoms with van der Waals surface area (Å²) in [4.78, 5) is 25.0. The van der Waals surface area contributed by atoms with Gasteiger partial charge in [0.1, 0.15) is 17.2 Å². The van der Waals surface area contributed by atoms with Gasteiger partial charge >= 0.3 is 12.6 Å². The Morgan fingerprint density at radius 3 is 2.47 bits per heavy atom. The molecule has 0 amide bonds. The van der Waals surface area contributed by atoms with Crippen LogP contribution >= 0.6 is 0 Å². The van der Waals surface area contributed by atoms with Gasteiger partial charge in [-0.1, -0.05) is 18.2 Å².